The molecule has 2 aromatic heterocycles. The lowest BCUT2D eigenvalue weighted by Gasteiger charge is -2.08. The van der Waals surface area contributed by atoms with Crippen molar-refractivity contribution in [3.05, 3.63) is 53.9 Å². The van der Waals surface area contributed by atoms with Crippen molar-refractivity contribution in [2.24, 2.45) is 0 Å². The highest BCUT2D eigenvalue weighted by Gasteiger charge is 2.19. The number of aromatic amines is 1. The Morgan fingerprint density at radius 3 is 2.50 bits per heavy atom. The van der Waals surface area contributed by atoms with Crippen LogP contribution in [0.15, 0.2) is 36.7 Å². The maximum Gasteiger partial charge on any atom is 0.264 e. The Morgan fingerprint density at radius 2 is 1.80 bits per heavy atom. The number of hydrogen-bond acceptors (Lipinski definition) is 1. The Morgan fingerprint density at radius 1 is 1.05 bits per heavy atom. The molecule has 20 heavy (non-hydrogen) atoms. The molecule has 0 amide bonds. The standard InChI is InChI=1S/C14H8F4N2/c15-10-4-8(9(14(17)18)5-11(10)16)13-3-7-6-19-2-1-12(7)20-13/h1-6,14,20H. The summed E-state index contributed by atoms with van der Waals surface area (Å²) in [5, 5.41) is 0.701. The maximum absolute atomic E-state index is 13.3. The minimum atomic E-state index is -2.90. The Hall–Kier alpha value is -2.37. The molecule has 0 aliphatic carbocycles. The highest BCUT2D eigenvalue weighted by Crippen LogP contribution is 2.33. The molecule has 0 saturated carbocycles. The van der Waals surface area contributed by atoms with Gasteiger partial charge in [0.2, 0.25) is 0 Å². The minimum Gasteiger partial charge on any atom is -0.354 e. The summed E-state index contributed by atoms with van der Waals surface area (Å²) in [6, 6.07) is 4.54. The van der Waals surface area contributed by atoms with Crippen LogP contribution in [0.4, 0.5) is 17.6 Å². The molecule has 102 valence electrons. The zero-order valence-electron chi connectivity index (χ0n) is 10.0. The second-order valence-electron chi connectivity index (χ2n) is 4.30. The van der Waals surface area contributed by atoms with Crippen LogP contribution in [0.3, 0.4) is 0 Å². The highest BCUT2D eigenvalue weighted by molar-refractivity contribution is 5.85. The number of nitrogens with zero attached hydrogens (tertiary/aromatic N) is 1. The Kier molecular flexibility index (Phi) is 2.93. The first-order chi connectivity index (χ1) is 9.56. The maximum atomic E-state index is 13.3. The van der Waals surface area contributed by atoms with Crippen molar-refractivity contribution in [1.82, 2.24) is 9.97 Å². The number of rotatable bonds is 2. The molecule has 1 aromatic carbocycles. The number of alkyl halides is 2. The number of nitrogens with one attached hydrogen (secondary N) is 1. The van der Waals surface area contributed by atoms with Crippen molar-refractivity contribution < 1.29 is 17.6 Å². The number of hydrogen-bond donors (Lipinski definition) is 1. The monoisotopic (exact) mass is 280 g/mol. The first kappa shape index (κ1) is 12.7. The van der Waals surface area contributed by atoms with Crippen LogP contribution in [0.5, 0.6) is 0 Å². The summed E-state index contributed by atoms with van der Waals surface area (Å²) in [6.45, 7) is 0. The van der Waals surface area contributed by atoms with Crippen molar-refractivity contribution in [2.75, 3.05) is 0 Å². The predicted octanol–water partition coefficient (Wildman–Crippen LogP) is 4.45. The quantitative estimate of drug-likeness (QED) is 0.690. The molecule has 1 N–H and O–H groups in total. The first-order valence-corrected chi connectivity index (χ1v) is 5.76. The van der Waals surface area contributed by atoms with Gasteiger partial charge < -0.3 is 4.98 Å². The lowest BCUT2D eigenvalue weighted by Crippen LogP contribution is -1.95. The van der Waals surface area contributed by atoms with E-state index in [2.05, 4.69) is 9.97 Å². The number of pyridine rings is 1. The fourth-order valence-corrected chi connectivity index (χ4v) is 2.09. The predicted molar refractivity (Wildman–Crippen MR) is 66.4 cm³/mol. The normalized spacial score (nSPS) is 11.4. The molecule has 3 rings (SSSR count). The summed E-state index contributed by atoms with van der Waals surface area (Å²) in [6.07, 6.45) is 0.198. The molecule has 2 heterocycles. The Labute approximate surface area is 111 Å². The third-order valence-corrected chi connectivity index (χ3v) is 3.04. The third kappa shape index (κ3) is 2.03. The molecule has 2 nitrogen and oxygen atoms in total. The lowest BCUT2D eigenvalue weighted by atomic mass is 10.0. The summed E-state index contributed by atoms with van der Waals surface area (Å²) >= 11 is 0. The van der Waals surface area contributed by atoms with Gasteiger partial charge in [-0.25, -0.2) is 17.6 Å². The SMILES string of the molecule is Fc1cc(-c2cc3cnccc3[nH]2)c(C(F)F)cc1F. The Bertz CT molecular complexity index is 747. The van der Waals surface area contributed by atoms with Crippen molar-refractivity contribution >= 4 is 10.9 Å². The molecule has 0 aliphatic heterocycles. The topological polar surface area (TPSA) is 28.7 Å². The van der Waals surface area contributed by atoms with E-state index in [1.54, 1.807) is 24.5 Å². The molecule has 0 radical (unpaired) electrons. The second-order valence-corrected chi connectivity index (χ2v) is 4.30. The fourth-order valence-electron chi connectivity index (χ4n) is 2.09. The van der Waals surface area contributed by atoms with Gasteiger partial charge in [-0.05, 0) is 24.3 Å². The zero-order valence-corrected chi connectivity index (χ0v) is 10.0. The lowest BCUT2D eigenvalue weighted by molar-refractivity contribution is 0.151. The van der Waals surface area contributed by atoms with Crippen LogP contribution in [0.2, 0.25) is 0 Å². The smallest absolute Gasteiger partial charge is 0.264 e. The first-order valence-electron chi connectivity index (χ1n) is 5.76. The van der Waals surface area contributed by atoms with Crippen LogP contribution in [0.25, 0.3) is 22.2 Å². The van der Waals surface area contributed by atoms with Gasteiger partial charge in [-0.1, -0.05) is 0 Å². The van der Waals surface area contributed by atoms with Crippen molar-refractivity contribution in [2.45, 2.75) is 6.43 Å². The van der Waals surface area contributed by atoms with E-state index in [1.165, 1.54) is 0 Å². The van der Waals surface area contributed by atoms with Crippen molar-refractivity contribution in [3.63, 3.8) is 0 Å². The van der Waals surface area contributed by atoms with E-state index < -0.39 is 23.6 Å². The Balaban J connectivity index is 2.24. The van der Waals surface area contributed by atoms with Crippen LogP contribution in [0.1, 0.15) is 12.0 Å². The number of H-pyrrole nitrogens is 1. The molecule has 0 saturated heterocycles. The van der Waals surface area contributed by atoms with E-state index in [0.29, 0.717) is 22.7 Å². The molecule has 0 fully saturated rings. The van der Waals surface area contributed by atoms with Gasteiger partial charge in [0.15, 0.2) is 11.6 Å². The van der Waals surface area contributed by atoms with E-state index >= 15 is 0 Å². The van der Waals surface area contributed by atoms with Crippen LogP contribution in [-0.4, -0.2) is 9.97 Å². The van der Waals surface area contributed by atoms with Gasteiger partial charge in [0.25, 0.3) is 6.43 Å². The average Bonchev–Trinajstić information content (AvgIpc) is 2.84. The van der Waals surface area contributed by atoms with Gasteiger partial charge in [-0.2, -0.15) is 0 Å². The van der Waals surface area contributed by atoms with Crippen molar-refractivity contribution in [1.29, 1.82) is 0 Å². The molecule has 0 unspecified atom stereocenters. The fraction of sp³-hybridized carbons (Fsp3) is 0.0714. The molecule has 3 aromatic rings. The number of aromatic nitrogens is 2. The van der Waals surface area contributed by atoms with Crippen LogP contribution in [-0.2, 0) is 0 Å². The van der Waals surface area contributed by atoms with Gasteiger partial charge in [0.05, 0.1) is 0 Å². The molecule has 0 spiro atoms. The van der Waals surface area contributed by atoms with Crippen LogP contribution in [0, 0.1) is 11.6 Å². The zero-order chi connectivity index (χ0) is 14.3. The van der Waals surface area contributed by atoms with Crippen molar-refractivity contribution in [3.8, 4) is 11.3 Å². The summed E-state index contributed by atoms with van der Waals surface area (Å²) < 4.78 is 52.4. The average molecular weight is 280 g/mol. The van der Waals surface area contributed by atoms with E-state index in [4.69, 9.17) is 0 Å². The van der Waals surface area contributed by atoms with E-state index in [1.807, 2.05) is 0 Å². The van der Waals surface area contributed by atoms with Gasteiger partial charge in [-0.15, -0.1) is 0 Å². The van der Waals surface area contributed by atoms with Gasteiger partial charge in [0.1, 0.15) is 0 Å². The van der Waals surface area contributed by atoms with Crippen LogP contribution < -0.4 is 0 Å². The van der Waals surface area contributed by atoms with E-state index in [0.717, 1.165) is 6.07 Å². The molecular formula is C14H8F4N2. The summed E-state index contributed by atoms with van der Waals surface area (Å²) in [5.41, 5.74) is 0.362. The van der Waals surface area contributed by atoms with Gasteiger partial charge >= 0.3 is 0 Å². The molecule has 0 atom stereocenters. The number of benzene rings is 1. The highest BCUT2D eigenvalue weighted by atomic mass is 19.3. The molecule has 0 bridgehead atoms. The summed E-state index contributed by atoms with van der Waals surface area (Å²) in [7, 11) is 0. The largest absolute Gasteiger partial charge is 0.354 e. The summed E-state index contributed by atoms with van der Waals surface area (Å²) in [4.78, 5) is 6.80. The minimum absolute atomic E-state index is 0.0601. The molecular weight excluding hydrogens is 272 g/mol. The van der Waals surface area contributed by atoms with Gasteiger partial charge in [0, 0.05) is 40.1 Å². The number of halogens is 4. The molecule has 6 heteroatoms. The van der Waals surface area contributed by atoms with Gasteiger partial charge in [-0.3, -0.25) is 4.98 Å². The molecule has 0 aliphatic rings. The van der Waals surface area contributed by atoms with E-state index in [-0.39, 0.29) is 5.56 Å². The summed E-state index contributed by atoms with van der Waals surface area (Å²) in [5.74, 6) is -2.46. The second kappa shape index (κ2) is 4.63. The van der Waals surface area contributed by atoms with E-state index in [9.17, 15) is 17.6 Å². The number of fused-ring (bicyclic) bond motifs is 1. The third-order valence-electron chi connectivity index (χ3n) is 3.04. The van der Waals surface area contributed by atoms with Crippen LogP contribution >= 0.6 is 0 Å².